The van der Waals surface area contributed by atoms with Gasteiger partial charge in [0.05, 0.1) is 13.7 Å². The smallest absolute Gasteiger partial charge is 0.241 e. The van der Waals surface area contributed by atoms with Crippen molar-refractivity contribution >= 4 is 23.2 Å². The molecule has 0 radical (unpaired) electrons. The third-order valence-corrected chi connectivity index (χ3v) is 4.60. The van der Waals surface area contributed by atoms with Gasteiger partial charge in [0.25, 0.3) is 0 Å². The molecular formula is C19H21ClN2O2. The Morgan fingerprint density at radius 1 is 1.21 bits per heavy atom. The average molecular weight is 345 g/mol. The number of hydrogen-bond acceptors (Lipinski definition) is 3. The van der Waals surface area contributed by atoms with E-state index in [1.807, 2.05) is 53.4 Å². The van der Waals surface area contributed by atoms with Crippen molar-refractivity contribution in [3.63, 3.8) is 0 Å². The van der Waals surface area contributed by atoms with Gasteiger partial charge in [-0.15, -0.1) is 0 Å². The van der Waals surface area contributed by atoms with Crippen molar-refractivity contribution in [3.8, 4) is 5.75 Å². The predicted molar refractivity (Wildman–Crippen MR) is 96.7 cm³/mol. The Hall–Kier alpha value is -2.04. The number of anilines is 1. The Kier molecular flexibility index (Phi) is 5.07. The summed E-state index contributed by atoms with van der Waals surface area (Å²) in [5.74, 6) is 0.902. The first-order chi connectivity index (χ1) is 11.6. The molecule has 1 aliphatic heterocycles. The minimum absolute atomic E-state index is 0.111. The van der Waals surface area contributed by atoms with Crippen LogP contribution in [0.1, 0.15) is 12.5 Å². The van der Waals surface area contributed by atoms with E-state index < -0.39 is 0 Å². The summed E-state index contributed by atoms with van der Waals surface area (Å²) in [5, 5.41) is 0.725. The second-order valence-corrected chi connectivity index (χ2v) is 6.52. The highest BCUT2D eigenvalue weighted by molar-refractivity contribution is 6.30. The minimum Gasteiger partial charge on any atom is -0.497 e. The van der Waals surface area contributed by atoms with Gasteiger partial charge in [0.15, 0.2) is 0 Å². The van der Waals surface area contributed by atoms with Gasteiger partial charge in [0, 0.05) is 29.8 Å². The number of methoxy groups -OCH3 is 1. The molecule has 0 aliphatic carbocycles. The van der Waals surface area contributed by atoms with Gasteiger partial charge in [-0.25, -0.2) is 0 Å². The Balaban J connectivity index is 1.70. The van der Waals surface area contributed by atoms with E-state index >= 15 is 0 Å². The Bertz CT molecular complexity index is 718. The van der Waals surface area contributed by atoms with Gasteiger partial charge >= 0.3 is 0 Å². The SMILES string of the molecule is COc1ccc(N2C[C@@H](C)N(Cc3cccc(Cl)c3)CC2=O)cc1. The van der Waals surface area contributed by atoms with Crippen LogP contribution in [-0.2, 0) is 11.3 Å². The monoisotopic (exact) mass is 344 g/mol. The van der Waals surface area contributed by atoms with E-state index in [4.69, 9.17) is 16.3 Å². The van der Waals surface area contributed by atoms with Gasteiger partial charge in [-0.1, -0.05) is 23.7 Å². The average Bonchev–Trinajstić information content (AvgIpc) is 2.58. The molecule has 1 saturated heterocycles. The Morgan fingerprint density at radius 3 is 2.62 bits per heavy atom. The van der Waals surface area contributed by atoms with Crippen molar-refractivity contribution in [1.29, 1.82) is 0 Å². The summed E-state index contributed by atoms with van der Waals surface area (Å²) < 4.78 is 5.18. The number of nitrogens with zero attached hydrogens (tertiary/aromatic N) is 2. The lowest BCUT2D eigenvalue weighted by molar-refractivity contribution is -0.122. The Morgan fingerprint density at radius 2 is 1.96 bits per heavy atom. The quantitative estimate of drug-likeness (QED) is 0.849. The van der Waals surface area contributed by atoms with E-state index in [0.29, 0.717) is 13.1 Å². The molecular weight excluding hydrogens is 324 g/mol. The van der Waals surface area contributed by atoms with Gasteiger partial charge in [-0.2, -0.15) is 0 Å². The van der Waals surface area contributed by atoms with Crippen LogP contribution < -0.4 is 9.64 Å². The summed E-state index contributed by atoms with van der Waals surface area (Å²) >= 11 is 6.05. The van der Waals surface area contributed by atoms with Crippen LogP contribution in [0.25, 0.3) is 0 Å². The van der Waals surface area contributed by atoms with Crippen molar-refractivity contribution < 1.29 is 9.53 Å². The normalized spacial score (nSPS) is 18.7. The predicted octanol–water partition coefficient (Wildman–Crippen LogP) is 3.59. The number of ether oxygens (including phenoxy) is 1. The molecule has 1 fully saturated rings. The Labute approximate surface area is 147 Å². The molecule has 3 rings (SSSR count). The van der Waals surface area contributed by atoms with Crippen molar-refractivity contribution in [2.75, 3.05) is 25.1 Å². The van der Waals surface area contributed by atoms with Crippen molar-refractivity contribution in [2.45, 2.75) is 19.5 Å². The van der Waals surface area contributed by atoms with Crippen LogP contribution in [0.5, 0.6) is 5.75 Å². The van der Waals surface area contributed by atoms with Crippen LogP contribution in [0.4, 0.5) is 5.69 Å². The van der Waals surface area contributed by atoms with Gasteiger partial charge in [-0.3, -0.25) is 9.69 Å². The minimum atomic E-state index is 0.111. The lowest BCUT2D eigenvalue weighted by Crippen LogP contribution is -2.54. The molecule has 0 aromatic heterocycles. The first-order valence-corrected chi connectivity index (χ1v) is 8.37. The van der Waals surface area contributed by atoms with Gasteiger partial charge < -0.3 is 9.64 Å². The maximum Gasteiger partial charge on any atom is 0.241 e. The first kappa shape index (κ1) is 16.8. The number of piperazine rings is 1. The molecule has 1 atom stereocenters. The van der Waals surface area contributed by atoms with Crippen molar-refractivity contribution in [1.82, 2.24) is 4.90 Å². The largest absolute Gasteiger partial charge is 0.497 e. The summed E-state index contributed by atoms with van der Waals surface area (Å²) in [6, 6.07) is 15.7. The van der Waals surface area contributed by atoms with Crippen LogP contribution in [-0.4, -0.2) is 37.0 Å². The zero-order chi connectivity index (χ0) is 17.1. The lowest BCUT2D eigenvalue weighted by atomic mass is 10.1. The highest BCUT2D eigenvalue weighted by atomic mass is 35.5. The van der Waals surface area contributed by atoms with E-state index in [0.717, 1.165) is 28.6 Å². The van der Waals surface area contributed by atoms with E-state index in [2.05, 4.69) is 11.8 Å². The molecule has 0 bridgehead atoms. The van der Waals surface area contributed by atoms with Gasteiger partial charge in [0.1, 0.15) is 5.75 Å². The van der Waals surface area contributed by atoms with Gasteiger partial charge in [-0.05, 0) is 48.9 Å². The fourth-order valence-electron chi connectivity index (χ4n) is 2.99. The molecule has 5 heteroatoms. The van der Waals surface area contributed by atoms with E-state index in [9.17, 15) is 4.79 Å². The molecule has 0 spiro atoms. The molecule has 0 N–H and O–H groups in total. The zero-order valence-corrected chi connectivity index (χ0v) is 14.7. The molecule has 126 valence electrons. The fraction of sp³-hybridized carbons (Fsp3) is 0.316. The number of carbonyl (C=O) groups is 1. The molecule has 4 nitrogen and oxygen atoms in total. The molecule has 0 saturated carbocycles. The second-order valence-electron chi connectivity index (χ2n) is 6.09. The van der Waals surface area contributed by atoms with Crippen LogP contribution in [0.2, 0.25) is 5.02 Å². The summed E-state index contributed by atoms with van der Waals surface area (Å²) in [7, 11) is 1.64. The van der Waals surface area contributed by atoms with Crippen molar-refractivity contribution in [2.24, 2.45) is 0 Å². The summed E-state index contributed by atoms with van der Waals surface area (Å²) in [6.45, 7) is 3.95. The molecule has 1 heterocycles. The third kappa shape index (κ3) is 3.71. The third-order valence-electron chi connectivity index (χ3n) is 4.37. The molecule has 1 aliphatic rings. The van der Waals surface area contributed by atoms with E-state index in [-0.39, 0.29) is 11.9 Å². The molecule has 0 unspecified atom stereocenters. The van der Waals surface area contributed by atoms with Gasteiger partial charge in [0.2, 0.25) is 5.91 Å². The molecule has 1 amide bonds. The highest BCUT2D eigenvalue weighted by Crippen LogP contribution is 2.24. The van der Waals surface area contributed by atoms with Crippen LogP contribution >= 0.6 is 11.6 Å². The number of halogens is 1. The zero-order valence-electron chi connectivity index (χ0n) is 13.9. The maximum absolute atomic E-state index is 12.6. The van der Waals surface area contributed by atoms with Crippen LogP contribution in [0.3, 0.4) is 0 Å². The van der Waals surface area contributed by atoms with E-state index in [1.165, 1.54) is 0 Å². The molecule has 2 aromatic rings. The second kappa shape index (κ2) is 7.24. The number of carbonyl (C=O) groups excluding carboxylic acids is 1. The highest BCUT2D eigenvalue weighted by Gasteiger charge is 2.30. The maximum atomic E-state index is 12.6. The number of hydrogen-bond donors (Lipinski definition) is 0. The van der Waals surface area contributed by atoms with E-state index in [1.54, 1.807) is 7.11 Å². The summed E-state index contributed by atoms with van der Waals surface area (Å²) in [5.41, 5.74) is 2.04. The number of amides is 1. The van der Waals surface area contributed by atoms with Crippen LogP contribution in [0, 0.1) is 0 Å². The number of rotatable bonds is 4. The first-order valence-electron chi connectivity index (χ1n) is 8.00. The topological polar surface area (TPSA) is 32.8 Å². The molecule has 24 heavy (non-hydrogen) atoms. The fourth-order valence-corrected chi connectivity index (χ4v) is 3.20. The standard InChI is InChI=1S/C19H21ClN2O2/c1-14-11-22(17-6-8-18(24-2)9-7-17)19(23)13-21(14)12-15-4-3-5-16(20)10-15/h3-10,14H,11-13H2,1-2H3/t14-/m1/s1. The molecule has 2 aromatic carbocycles. The van der Waals surface area contributed by atoms with Crippen LogP contribution in [0.15, 0.2) is 48.5 Å². The lowest BCUT2D eigenvalue weighted by Gasteiger charge is -2.39. The summed E-state index contributed by atoms with van der Waals surface area (Å²) in [6.07, 6.45) is 0. The number of benzene rings is 2. The summed E-state index contributed by atoms with van der Waals surface area (Å²) in [4.78, 5) is 16.6. The van der Waals surface area contributed by atoms with Crippen molar-refractivity contribution in [3.05, 3.63) is 59.1 Å².